The largest absolute Gasteiger partial charge is 0.309 e. The fourth-order valence-corrected chi connectivity index (χ4v) is 8.90. The second-order valence-electron chi connectivity index (χ2n) is 15.5. The van der Waals surface area contributed by atoms with Crippen LogP contribution in [0.4, 0.5) is 0 Å². The molecular weight excluding hydrogens is 757 g/mol. The lowest BCUT2D eigenvalue weighted by Crippen LogP contribution is -2.00. The SMILES string of the molecule is c1ccc(-c2nc(-c3ccccc3)nc(-c3ccnc(-c4ccc5c6ccccc6n(-c6cccc(-c7ccc8c9ccccc9n(-c9ccccc9)c8c7)c6)c5c4)c3)n2)cc1. The molecule has 0 unspecified atom stereocenters. The van der Waals surface area contributed by atoms with Crippen molar-refractivity contribution in [3.63, 3.8) is 0 Å². The normalized spacial score (nSPS) is 11.5. The third-order valence-corrected chi connectivity index (χ3v) is 11.8. The van der Waals surface area contributed by atoms with Crippen LogP contribution in [-0.4, -0.2) is 29.1 Å². The van der Waals surface area contributed by atoms with Crippen LogP contribution >= 0.6 is 0 Å². The van der Waals surface area contributed by atoms with E-state index in [0.29, 0.717) is 17.5 Å². The third-order valence-electron chi connectivity index (χ3n) is 11.8. The molecule has 12 aromatic rings. The molecule has 4 aromatic heterocycles. The topological polar surface area (TPSA) is 61.4 Å². The van der Waals surface area contributed by atoms with Crippen molar-refractivity contribution in [2.24, 2.45) is 0 Å². The lowest BCUT2D eigenvalue weighted by atomic mass is 10.0. The maximum atomic E-state index is 4.99. The van der Waals surface area contributed by atoms with Gasteiger partial charge in [-0.15, -0.1) is 0 Å². The summed E-state index contributed by atoms with van der Waals surface area (Å²) < 4.78 is 4.76. The first-order chi connectivity index (χ1) is 30.7. The number of nitrogens with zero attached hydrogens (tertiary/aromatic N) is 6. The molecule has 0 fully saturated rings. The number of hydrogen-bond donors (Lipinski definition) is 0. The fraction of sp³-hybridized carbons (Fsp3) is 0. The van der Waals surface area contributed by atoms with Gasteiger partial charge in [0, 0.05) is 61.4 Å². The van der Waals surface area contributed by atoms with E-state index in [4.69, 9.17) is 19.9 Å². The van der Waals surface area contributed by atoms with Gasteiger partial charge in [0.2, 0.25) is 0 Å². The molecule has 0 atom stereocenters. The van der Waals surface area contributed by atoms with Crippen LogP contribution in [0.2, 0.25) is 0 Å². The van der Waals surface area contributed by atoms with Crippen molar-refractivity contribution in [2.45, 2.75) is 0 Å². The van der Waals surface area contributed by atoms with Crippen molar-refractivity contribution in [3.8, 4) is 67.9 Å². The van der Waals surface area contributed by atoms with E-state index in [0.717, 1.165) is 61.5 Å². The second-order valence-corrected chi connectivity index (χ2v) is 15.5. The summed E-state index contributed by atoms with van der Waals surface area (Å²) in [7, 11) is 0. The van der Waals surface area contributed by atoms with Crippen LogP contribution in [0.5, 0.6) is 0 Å². The van der Waals surface area contributed by atoms with Gasteiger partial charge in [-0.05, 0) is 71.8 Å². The lowest BCUT2D eigenvalue weighted by molar-refractivity contribution is 1.07. The summed E-state index contributed by atoms with van der Waals surface area (Å²) in [6, 6.07) is 74.5. The highest BCUT2D eigenvalue weighted by Gasteiger charge is 2.18. The zero-order valence-corrected chi connectivity index (χ0v) is 33.5. The highest BCUT2D eigenvalue weighted by molar-refractivity contribution is 6.11. The van der Waals surface area contributed by atoms with E-state index in [1.807, 2.05) is 72.9 Å². The van der Waals surface area contributed by atoms with Gasteiger partial charge in [-0.3, -0.25) is 4.98 Å². The zero-order valence-electron chi connectivity index (χ0n) is 33.5. The zero-order chi connectivity index (χ0) is 41.0. The van der Waals surface area contributed by atoms with Gasteiger partial charge >= 0.3 is 0 Å². The highest BCUT2D eigenvalue weighted by atomic mass is 15.0. The third kappa shape index (κ3) is 6.04. The summed E-state index contributed by atoms with van der Waals surface area (Å²) in [5.74, 6) is 1.84. The van der Waals surface area contributed by atoms with Gasteiger partial charge in [0.15, 0.2) is 17.5 Å². The first-order valence-electron chi connectivity index (χ1n) is 20.8. The number of pyridine rings is 1. The quantitative estimate of drug-likeness (QED) is 0.161. The van der Waals surface area contributed by atoms with Gasteiger partial charge in [0.25, 0.3) is 0 Å². The van der Waals surface area contributed by atoms with Crippen LogP contribution in [-0.2, 0) is 0 Å². The molecule has 4 heterocycles. The Morgan fingerprint density at radius 3 is 1.35 bits per heavy atom. The minimum Gasteiger partial charge on any atom is -0.309 e. The van der Waals surface area contributed by atoms with Crippen LogP contribution in [0.15, 0.2) is 219 Å². The molecule has 0 radical (unpaired) electrons. The van der Waals surface area contributed by atoms with E-state index in [1.165, 1.54) is 32.6 Å². The van der Waals surface area contributed by atoms with Crippen molar-refractivity contribution in [1.82, 2.24) is 29.1 Å². The van der Waals surface area contributed by atoms with Crippen LogP contribution in [0.25, 0.3) is 112 Å². The highest BCUT2D eigenvalue weighted by Crippen LogP contribution is 2.38. The lowest BCUT2D eigenvalue weighted by Gasteiger charge is -2.12. The van der Waals surface area contributed by atoms with Crippen molar-refractivity contribution in [2.75, 3.05) is 0 Å². The number of benzene rings is 8. The molecule has 0 aliphatic rings. The fourth-order valence-electron chi connectivity index (χ4n) is 8.90. The van der Waals surface area contributed by atoms with E-state index in [2.05, 4.69) is 155 Å². The molecule has 290 valence electrons. The maximum Gasteiger partial charge on any atom is 0.164 e. The Morgan fingerprint density at radius 1 is 0.274 bits per heavy atom. The molecule has 0 spiro atoms. The Balaban J connectivity index is 0.978. The first-order valence-corrected chi connectivity index (χ1v) is 20.8. The molecule has 0 N–H and O–H groups in total. The van der Waals surface area contributed by atoms with Crippen LogP contribution in [0.3, 0.4) is 0 Å². The monoisotopic (exact) mass is 792 g/mol. The molecule has 0 aliphatic carbocycles. The summed E-state index contributed by atoms with van der Waals surface area (Å²) in [4.78, 5) is 19.8. The van der Waals surface area contributed by atoms with E-state index in [9.17, 15) is 0 Å². The average Bonchev–Trinajstić information content (AvgIpc) is 3.87. The molecule has 6 nitrogen and oxygen atoms in total. The predicted octanol–water partition coefficient (Wildman–Crippen LogP) is 13.8. The average molecular weight is 793 g/mol. The van der Waals surface area contributed by atoms with E-state index < -0.39 is 0 Å². The van der Waals surface area contributed by atoms with Gasteiger partial charge in [-0.1, -0.05) is 152 Å². The number of aromatic nitrogens is 6. The van der Waals surface area contributed by atoms with Crippen molar-refractivity contribution < 1.29 is 0 Å². The Kier molecular flexibility index (Phi) is 8.38. The van der Waals surface area contributed by atoms with Crippen LogP contribution in [0, 0.1) is 0 Å². The van der Waals surface area contributed by atoms with Crippen molar-refractivity contribution >= 4 is 43.6 Å². The molecule has 6 heteroatoms. The minimum atomic E-state index is 0.593. The minimum absolute atomic E-state index is 0.593. The summed E-state index contributed by atoms with van der Waals surface area (Å²) >= 11 is 0. The number of rotatable bonds is 7. The standard InChI is InChI=1S/C56H36N6/c1-4-15-37(16-5-1)54-58-55(38-17-6-2-7-18-38)60-56(59-54)42-31-32-57-49(34-42)41-28-30-48-46-24-11-13-26-51(46)62(53(48)36-41)44-22-14-19-39(33-44)40-27-29-47-45-23-10-12-25-50(45)61(52(47)35-40)43-20-8-3-9-21-43/h1-36H. The van der Waals surface area contributed by atoms with Crippen LogP contribution < -0.4 is 0 Å². The molecular formula is C56H36N6. The Morgan fingerprint density at radius 2 is 0.726 bits per heavy atom. The first kappa shape index (κ1) is 35.5. The molecule has 0 bridgehead atoms. The van der Waals surface area contributed by atoms with Gasteiger partial charge in [0.1, 0.15) is 0 Å². The van der Waals surface area contributed by atoms with Gasteiger partial charge < -0.3 is 9.13 Å². The van der Waals surface area contributed by atoms with Gasteiger partial charge in [0.05, 0.1) is 27.8 Å². The van der Waals surface area contributed by atoms with Gasteiger partial charge in [-0.25, -0.2) is 15.0 Å². The van der Waals surface area contributed by atoms with E-state index in [-0.39, 0.29) is 0 Å². The molecule has 0 saturated heterocycles. The van der Waals surface area contributed by atoms with E-state index in [1.54, 1.807) is 0 Å². The van der Waals surface area contributed by atoms with Crippen molar-refractivity contribution in [1.29, 1.82) is 0 Å². The summed E-state index contributed by atoms with van der Waals surface area (Å²) in [6.07, 6.45) is 1.84. The molecule has 62 heavy (non-hydrogen) atoms. The van der Waals surface area contributed by atoms with Gasteiger partial charge in [-0.2, -0.15) is 0 Å². The number of para-hydroxylation sites is 3. The maximum absolute atomic E-state index is 4.99. The second kappa shape index (κ2) is 14.7. The summed E-state index contributed by atoms with van der Waals surface area (Å²) in [5.41, 5.74) is 13.7. The molecule has 12 rings (SSSR count). The smallest absolute Gasteiger partial charge is 0.164 e. The number of hydrogen-bond acceptors (Lipinski definition) is 4. The Labute approximate surface area is 357 Å². The Bertz CT molecular complexity index is 3570. The summed E-state index contributed by atoms with van der Waals surface area (Å²) in [6.45, 7) is 0. The molecule has 0 aliphatic heterocycles. The number of fused-ring (bicyclic) bond motifs is 6. The van der Waals surface area contributed by atoms with Crippen molar-refractivity contribution in [3.05, 3.63) is 219 Å². The molecule has 8 aromatic carbocycles. The Hall–Kier alpha value is -8.48. The summed E-state index contributed by atoms with van der Waals surface area (Å²) in [5, 5.41) is 4.86. The van der Waals surface area contributed by atoms with Crippen LogP contribution in [0.1, 0.15) is 0 Å². The molecule has 0 amide bonds. The van der Waals surface area contributed by atoms with E-state index >= 15 is 0 Å². The molecule has 0 saturated carbocycles. The predicted molar refractivity (Wildman–Crippen MR) is 253 cm³/mol.